The summed E-state index contributed by atoms with van der Waals surface area (Å²) in [5, 5.41) is 8.49. The third-order valence-corrected chi connectivity index (χ3v) is 6.91. The molecule has 0 spiro atoms. The van der Waals surface area contributed by atoms with Crippen molar-refractivity contribution in [3.8, 4) is 22.4 Å². The first-order valence-electron chi connectivity index (χ1n) is 11.2. The number of carbonyl (C=O) groups is 1. The Hall–Kier alpha value is -3.59. The summed E-state index contributed by atoms with van der Waals surface area (Å²) in [4.78, 5) is 17.5. The number of nitrogens with one attached hydrogen (secondary N) is 1. The maximum Gasteiger partial charge on any atom is 0.226 e. The molecular weight excluding hydrogens is 452 g/mol. The van der Waals surface area contributed by atoms with Crippen molar-refractivity contribution in [2.45, 2.75) is 32.6 Å². The number of rotatable bonds is 7. The van der Waals surface area contributed by atoms with Crippen LogP contribution in [-0.2, 0) is 4.79 Å². The Morgan fingerprint density at radius 1 is 1.15 bits per heavy atom. The molecule has 0 radical (unpaired) electrons. The fourth-order valence-corrected chi connectivity index (χ4v) is 5.27. The second-order valence-electron chi connectivity index (χ2n) is 8.15. The van der Waals surface area contributed by atoms with E-state index in [1.54, 1.807) is 18.9 Å². The first-order chi connectivity index (χ1) is 16.5. The maximum absolute atomic E-state index is 12.8. The minimum Gasteiger partial charge on any atom is -0.497 e. The summed E-state index contributed by atoms with van der Waals surface area (Å²) in [5.74, 6) is 2.58. The summed E-state index contributed by atoms with van der Waals surface area (Å²) in [7, 11) is 3.27. The van der Waals surface area contributed by atoms with Crippen molar-refractivity contribution in [2.75, 3.05) is 26.1 Å². The molecule has 1 aliphatic heterocycles. The average Bonchev–Trinajstić information content (AvgIpc) is 3.42. The van der Waals surface area contributed by atoms with Crippen molar-refractivity contribution in [1.29, 1.82) is 0 Å². The van der Waals surface area contributed by atoms with Crippen LogP contribution in [0, 0.1) is 6.92 Å². The van der Waals surface area contributed by atoms with E-state index in [0.717, 1.165) is 39.2 Å². The molecule has 0 bridgehead atoms. The lowest BCUT2D eigenvalue weighted by Crippen LogP contribution is -2.25. The van der Waals surface area contributed by atoms with Crippen LogP contribution < -0.4 is 19.5 Å². The number of thiazole rings is 1. The van der Waals surface area contributed by atoms with Gasteiger partial charge in [-0.1, -0.05) is 24.3 Å². The van der Waals surface area contributed by atoms with Gasteiger partial charge >= 0.3 is 0 Å². The molecule has 4 aromatic rings. The highest BCUT2D eigenvalue weighted by Gasteiger charge is 2.33. The van der Waals surface area contributed by atoms with Gasteiger partial charge in [-0.05, 0) is 49.2 Å². The van der Waals surface area contributed by atoms with E-state index in [2.05, 4.69) is 12.2 Å². The zero-order valence-corrected chi connectivity index (χ0v) is 20.4. The Balaban J connectivity index is 1.58. The zero-order valence-electron chi connectivity index (χ0n) is 19.5. The number of ether oxygens (including phenoxy) is 3. The SMILES string of the molecule is CCCOc1ccc(C2CC(=O)Nc3c2c(C)nn3-c2nc3ccc(OC)cc3s2)cc1OC. The number of hydrogen-bond acceptors (Lipinski definition) is 7. The van der Waals surface area contributed by atoms with Gasteiger partial charge in [0.15, 0.2) is 11.5 Å². The molecular formula is C25H26N4O4S. The van der Waals surface area contributed by atoms with Crippen LogP contribution in [0.15, 0.2) is 36.4 Å². The van der Waals surface area contributed by atoms with Crippen LogP contribution in [0.4, 0.5) is 5.82 Å². The lowest BCUT2D eigenvalue weighted by Gasteiger charge is -2.24. The Bertz CT molecular complexity index is 1380. The number of anilines is 1. The second-order valence-corrected chi connectivity index (χ2v) is 9.16. The van der Waals surface area contributed by atoms with E-state index in [1.165, 1.54) is 11.3 Å². The maximum atomic E-state index is 12.8. The summed E-state index contributed by atoms with van der Waals surface area (Å²) < 4.78 is 19.4. The van der Waals surface area contributed by atoms with Gasteiger partial charge in [-0.3, -0.25) is 4.79 Å². The van der Waals surface area contributed by atoms with Gasteiger partial charge in [-0.15, -0.1) is 0 Å². The Morgan fingerprint density at radius 3 is 2.76 bits per heavy atom. The molecule has 34 heavy (non-hydrogen) atoms. The van der Waals surface area contributed by atoms with Gasteiger partial charge in [-0.25, -0.2) is 4.98 Å². The Labute approximate surface area is 201 Å². The molecule has 9 heteroatoms. The smallest absolute Gasteiger partial charge is 0.226 e. The molecule has 3 heterocycles. The van der Waals surface area contributed by atoms with Crippen LogP contribution >= 0.6 is 11.3 Å². The predicted molar refractivity (Wildman–Crippen MR) is 132 cm³/mol. The number of aromatic nitrogens is 3. The summed E-state index contributed by atoms with van der Waals surface area (Å²) in [6, 6.07) is 11.6. The third-order valence-electron chi connectivity index (χ3n) is 5.92. The van der Waals surface area contributed by atoms with E-state index in [1.807, 2.05) is 43.3 Å². The summed E-state index contributed by atoms with van der Waals surface area (Å²) in [5.41, 5.74) is 3.67. The van der Waals surface area contributed by atoms with Crippen LogP contribution in [0.25, 0.3) is 15.3 Å². The molecule has 0 fully saturated rings. The summed E-state index contributed by atoms with van der Waals surface area (Å²) in [6.45, 7) is 4.64. The van der Waals surface area contributed by atoms with Crippen LogP contribution in [0.5, 0.6) is 17.2 Å². The van der Waals surface area contributed by atoms with Crippen molar-refractivity contribution in [3.05, 3.63) is 53.2 Å². The fourth-order valence-electron chi connectivity index (χ4n) is 4.31. The van der Waals surface area contributed by atoms with E-state index in [9.17, 15) is 4.79 Å². The molecule has 0 saturated carbocycles. The molecule has 1 aliphatic rings. The monoisotopic (exact) mass is 478 g/mol. The average molecular weight is 479 g/mol. The van der Waals surface area contributed by atoms with Crippen LogP contribution in [0.2, 0.25) is 0 Å². The van der Waals surface area contributed by atoms with Gasteiger partial charge in [0.2, 0.25) is 11.0 Å². The van der Waals surface area contributed by atoms with Gasteiger partial charge in [-0.2, -0.15) is 9.78 Å². The molecule has 8 nitrogen and oxygen atoms in total. The number of amides is 1. The van der Waals surface area contributed by atoms with Crippen molar-refractivity contribution in [3.63, 3.8) is 0 Å². The molecule has 0 saturated heterocycles. The first-order valence-corrected chi connectivity index (χ1v) is 12.0. The van der Waals surface area contributed by atoms with Crippen molar-refractivity contribution in [1.82, 2.24) is 14.8 Å². The van der Waals surface area contributed by atoms with Crippen molar-refractivity contribution in [2.24, 2.45) is 0 Å². The van der Waals surface area contributed by atoms with Crippen molar-refractivity contribution >= 4 is 33.3 Å². The number of nitrogens with zero attached hydrogens (tertiary/aromatic N) is 3. The molecule has 176 valence electrons. The Morgan fingerprint density at radius 2 is 2.00 bits per heavy atom. The van der Waals surface area contributed by atoms with Crippen LogP contribution in [0.1, 0.15) is 42.5 Å². The van der Waals surface area contributed by atoms with Crippen molar-refractivity contribution < 1.29 is 19.0 Å². The van der Waals surface area contributed by atoms with Gasteiger partial charge in [0.05, 0.1) is 36.7 Å². The number of aryl methyl sites for hydroxylation is 1. The number of methoxy groups -OCH3 is 2. The second kappa shape index (κ2) is 8.98. The normalized spacial score (nSPS) is 15.2. The minimum absolute atomic E-state index is 0.0632. The highest BCUT2D eigenvalue weighted by molar-refractivity contribution is 7.20. The zero-order chi connectivity index (χ0) is 23.8. The van der Waals surface area contributed by atoms with E-state index < -0.39 is 0 Å². The highest BCUT2D eigenvalue weighted by atomic mass is 32.1. The Kier molecular flexibility index (Phi) is 5.87. The van der Waals surface area contributed by atoms with E-state index >= 15 is 0 Å². The number of carbonyl (C=O) groups excluding carboxylic acids is 1. The van der Waals surface area contributed by atoms with E-state index in [0.29, 0.717) is 35.5 Å². The number of fused-ring (bicyclic) bond motifs is 2. The molecule has 2 aromatic heterocycles. The summed E-state index contributed by atoms with van der Waals surface area (Å²) in [6.07, 6.45) is 1.24. The molecule has 1 amide bonds. The molecule has 5 rings (SSSR count). The largest absolute Gasteiger partial charge is 0.497 e. The predicted octanol–water partition coefficient (Wildman–Crippen LogP) is 5.07. The topological polar surface area (TPSA) is 87.5 Å². The number of benzene rings is 2. The number of hydrogen-bond donors (Lipinski definition) is 1. The first kappa shape index (κ1) is 22.2. The third kappa shape index (κ3) is 3.86. The van der Waals surface area contributed by atoms with Gasteiger partial charge in [0.25, 0.3) is 0 Å². The van der Waals surface area contributed by atoms with Crippen LogP contribution in [0.3, 0.4) is 0 Å². The van der Waals surface area contributed by atoms with Crippen LogP contribution in [-0.4, -0.2) is 41.5 Å². The quantitative estimate of drug-likeness (QED) is 0.399. The molecule has 1 unspecified atom stereocenters. The minimum atomic E-state index is -0.152. The highest BCUT2D eigenvalue weighted by Crippen LogP contribution is 2.43. The van der Waals surface area contributed by atoms with Gasteiger partial charge in [0, 0.05) is 17.9 Å². The molecule has 0 aliphatic carbocycles. The van der Waals surface area contributed by atoms with Gasteiger partial charge < -0.3 is 19.5 Å². The molecule has 1 N–H and O–H groups in total. The standard InChI is InChI=1S/C25H26N4O4S/c1-5-10-33-19-9-6-15(11-20(19)32-4)17-13-22(30)27-24-23(17)14(2)28-29(24)25-26-18-8-7-16(31-3)12-21(18)34-25/h6-9,11-12,17H,5,10,13H2,1-4H3,(H,27,30). The molecule has 2 aromatic carbocycles. The van der Waals surface area contributed by atoms with Gasteiger partial charge in [0.1, 0.15) is 11.6 Å². The lowest BCUT2D eigenvalue weighted by molar-refractivity contribution is -0.116. The lowest BCUT2D eigenvalue weighted by atomic mass is 9.85. The molecule has 1 atom stereocenters. The fraction of sp³-hybridized carbons (Fsp3) is 0.320. The van der Waals surface area contributed by atoms with E-state index in [-0.39, 0.29) is 11.8 Å². The summed E-state index contributed by atoms with van der Waals surface area (Å²) >= 11 is 1.50. The van der Waals surface area contributed by atoms with E-state index in [4.69, 9.17) is 24.3 Å².